The van der Waals surface area contributed by atoms with E-state index in [0.717, 1.165) is 0 Å². The van der Waals surface area contributed by atoms with Crippen LogP contribution in [0.25, 0.3) is 0 Å². The average Bonchev–Trinajstić information content (AvgIpc) is 2.61. The van der Waals surface area contributed by atoms with Gasteiger partial charge in [0.2, 0.25) is 0 Å². The Morgan fingerprint density at radius 3 is 2.31 bits per heavy atom. The van der Waals surface area contributed by atoms with Gasteiger partial charge >= 0.3 is 11.9 Å². The van der Waals surface area contributed by atoms with E-state index < -0.39 is 11.9 Å². The van der Waals surface area contributed by atoms with Crippen molar-refractivity contribution < 1.29 is 19.1 Å². The van der Waals surface area contributed by atoms with E-state index in [1.807, 2.05) is 0 Å². The molecule has 0 amide bonds. The lowest BCUT2D eigenvalue weighted by molar-refractivity contribution is 0.0475. The lowest BCUT2D eigenvalue weighted by Crippen LogP contribution is -2.13. The van der Waals surface area contributed by atoms with Crippen LogP contribution in [-0.2, 0) is 9.47 Å². The number of nitrogens with zero attached hydrogens (tertiary/aromatic N) is 1. The molecular weight excluding hydrogens is 212 g/mol. The van der Waals surface area contributed by atoms with Gasteiger partial charge < -0.3 is 9.47 Å². The molecule has 0 fully saturated rings. The molecule has 0 aromatic carbocycles. The van der Waals surface area contributed by atoms with Gasteiger partial charge in [-0.25, -0.2) is 9.59 Å². The molecule has 6 nitrogen and oxygen atoms in total. The maximum atomic E-state index is 11.6. The molecule has 6 heteroatoms. The Labute approximate surface area is 92.9 Å². The second kappa shape index (κ2) is 5.29. The Morgan fingerprint density at radius 2 is 1.75 bits per heavy atom. The molecule has 0 saturated heterocycles. The molecule has 0 aliphatic carbocycles. The summed E-state index contributed by atoms with van der Waals surface area (Å²) in [7, 11) is 0. The summed E-state index contributed by atoms with van der Waals surface area (Å²) < 4.78 is 9.61. The van der Waals surface area contributed by atoms with Crippen LogP contribution in [0.5, 0.6) is 0 Å². The summed E-state index contributed by atoms with van der Waals surface area (Å²) in [6, 6.07) is 0. The SMILES string of the molecule is CCOC(=O)c1n[nH]c(C)c1C(=O)OCC. The molecule has 0 bridgehead atoms. The van der Waals surface area contributed by atoms with Gasteiger partial charge in [-0.2, -0.15) is 5.10 Å². The molecule has 0 unspecified atom stereocenters. The highest BCUT2D eigenvalue weighted by molar-refractivity contribution is 6.02. The second-order valence-corrected chi connectivity index (χ2v) is 3.01. The van der Waals surface area contributed by atoms with Gasteiger partial charge in [-0.3, -0.25) is 5.10 Å². The fourth-order valence-electron chi connectivity index (χ4n) is 1.23. The quantitative estimate of drug-likeness (QED) is 0.776. The largest absolute Gasteiger partial charge is 0.462 e. The van der Waals surface area contributed by atoms with Crippen LogP contribution in [0.2, 0.25) is 0 Å². The molecule has 88 valence electrons. The van der Waals surface area contributed by atoms with Crippen molar-refractivity contribution in [2.24, 2.45) is 0 Å². The van der Waals surface area contributed by atoms with E-state index in [2.05, 4.69) is 10.2 Å². The summed E-state index contributed by atoms with van der Waals surface area (Å²) in [5, 5.41) is 6.30. The normalized spacial score (nSPS) is 9.94. The monoisotopic (exact) mass is 226 g/mol. The third-order valence-electron chi connectivity index (χ3n) is 1.90. The lowest BCUT2D eigenvalue weighted by atomic mass is 10.2. The molecule has 0 aliphatic rings. The van der Waals surface area contributed by atoms with Crippen LogP contribution < -0.4 is 0 Å². The lowest BCUT2D eigenvalue weighted by Gasteiger charge is -2.03. The highest BCUT2D eigenvalue weighted by Crippen LogP contribution is 2.13. The fourth-order valence-corrected chi connectivity index (χ4v) is 1.23. The highest BCUT2D eigenvalue weighted by atomic mass is 16.5. The first-order chi connectivity index (χ1) is 7.61. The van der Waals surface area contributed by atoms with Crippen molar-refractivity contribution in [2.45, 2.75) is 20.8 Å². The molecule has 1 rings (SSSR count). The van der Waals surface area contributed by atoms with Crippen LogP contribution in [0.1, 0.15) is 40.4 Å². The minimum absolute atomic E-state index is 0.0298. The number of ether oxygens (including phenoxy) is 2. The zero-order valence-corrected chi connectivity index (χ0v) is 9.49. The fraction of sp³-hybridized carbons (Fsp3) is 0.500. The molecule has 0 aliphatic heterocycles. The molecule has 1 heterocycles. The van der Waals surface area contributed by atoms with E-state index in [4.69, 9.17) is 9.47 Å². The number of carbonyl (C=O) groups is 2. The maximum absolute atomic E-state index is 11.6. The van der Waals surface area contributed by atoms with Crippen LogP contribution in [0, 0.1) is 6.92 Å². The van der Waals surface area contributed by atoms with Gasteiger partial charge in [0.25, 0.3) is 0 Å². The number of rotatable bonds is 4. The second-order valence-electron chi connectivity index (χ2n) is 3.01. The topological polar surface area (TPSA) is 81.3 Å². The number of esters is 2. The highest BCUT2D eigenvalue weighted by Gasteiger charge is 2.25. The van der Waals surface area contributed by atoms with E-state index in [0.29, 0.717) is 5.69 Å². The van der Waals surface area contributed by atoms with Crippen LogP contribution in [0.15, 0.2) is 0 Å². The van der Waals surface area contributed by atoms with Crippen molar-refractivity contribution in [2.75, 3.05) is 13.2 Å². The molecule has 16 heavy (non-hydrogen) atoms. The van der Waals surface area contributed by atoms with Crippen molar-refractivity contribution >= 4 is 11.9 Å². The summed E-state index contributed by atoms with van der Waals surface area (Å²) in [6.45, 7) is 5.49. The van der Waals surface area contributed by atoms with Crippen LogP contribution in [-0.4, -0.2) is 35.3 Å². The molecule has 1 N–H and O–H groups in total. The molecular formula is C10H14N2O4. The minimum atomic E-state index is -0.630. The number of hydrogen-bond donors (Lipinski definition) is 1. The Balaban J connectivity index is 3.02. The van der Waals surface area contributed by atoms with E-state index >= 15 is 0 Å². The standard InChI is InChI=1S/C10H14N2O4/c1-4-15-9(13)7-6(3)11-12-8(7)10(14)16-5-2/h4-5H2,1-3H3,(H,11,12). The van der Waals surface area contributed by atoms with Crippen LogP contribution in [0.3, 0.4) is 0 Å². The van der Waals surface area contributed by atoms with E-state index in [1.54, 1.807) is 20.8 Å². The van der Waals surface area contributed by atoms with Crippen molar-refractivity contribution in [1.82, 2.24) is 10.2 Å². The van der Waals surface area contributed by atoms with Gasteiger partial charge in [0.1, 0.15) is 5.56 Å². The van der Waals surface area contributed by atoms with E-state index in [-0.39, 0.29) is 24.5 Å². The number of aryl methyl sites for hydroxylation is 1. The summed E-state index contributed by atoms with van der Waals surface area (Å²) in [4.78, 5) is 23.0. The average molecular weight is 226 g/mol. The third-order valence-corrected chi connectivity index (χ3v) is 1.90. The summed E-state index contributed by atoms with van der Waals surface area (Å²) >= 11 is 0. The number of nitrogens with one attached hydrogen (secondary N) is 1. The van der Waals surface area contributed by atoms with Gasteiger partial charge in [-0.05, 0) is 20.8 Å². The Kier molecular flexibility index (Phi) is 4.04. The van der Waals surface area contributed by atoms with E-state index in [9.17, 15) is 9.59 Å². The number of hydrogen-bond acceptors (Lipinski definition) is 5. The predicted molar refractivity (Wildman–Crippen MR) is 55.2 cm³/mol. The Bertz CT molecular complexity index is 398. The number of aromatic nitrogens is 2. The van der Waals surface area contributed by atoms with Gasteiger partial charge in [0, 0.05) is 5.69 Å². The maximum Gasteiger partial charge on any atom is 0.359 e. The zero-order chi connectivity index (χ0) is 12.1. The van der Waals surface area contributed by atoms with Crippen molar-refractivity contribution in [1.29, 1.82) is 0 Å². The van der Waals surface area contributed by atoms with Gasteiger partial charge in [-0.1, -0.05) is 0 Å². The third kappa shape index (κ3) is 2.39. The predicted octanol–water partition coefficient (Wildman–Crippen LogP) is 1.07. The summed E-state index contributed by atoms with van der Waals surface area (Å²) in [5.41, 5.74) is 0.597. The molecule has 0 atom stereocenters. The Hall–Kier alpha value is -1.85. The summed E-state index contributed by atoms with van der Waals surface area (Å²) in [5.74, 6) is -1.20. The molecule has 0 spiro atoms. The van der Waals surface area contributed by atoms with Gasteiger partial charge in [-0.15, -0.1) is 0 Å². The van der Waals surface area contributed by atoms with Crippen molar-refractivity contribution in [3.05, 3.63) is 17.0 Å². The Morgan fingerprint density at radius 1 is 1.19 bits per heavy atom. The number of carbonyl (C=O) groups excluding carboxylic acids is 2. The number of aromatic amines is 1. The van der Waals surface area contributed by atoms with Crippen molar-refractivity contribution in [3.63, 3.8) is 0 Å². The minimum Gasteiger partial charge on any atom is -0.462 e. The van der Waals surface area contributed by atoms with Gasteiger partial charge in [0.05, 0.1) is 13.2 Å². The molecule has 0 saturated carbocycles. The van der Waals surface area contributed by atoms with Crippen LogP contribution >= 0.6 is 0 Å². The van der Waals surface area contributed by atoms with E-state index in [1.165, 1.54) is 0 Å². The number of H-pyrrole nitrogens is 1. The first kappa shape index (κ1) is 12.2. The van der Waals surface area contributed by atoms with Gasteiger partial charge in [0.15, 0.2) is 5.69 Å². The molecule has 1 aromatic heterocycles. The summed E-state index contributed by atoms with van der Waals surface area (Å²) in [6.07, 6.45) is 0. The van der Waals surface area contributed by atoms with Crippen LogP contribution in [0.4, 0.5) is 0 Å². The molecule has 0 radical (unpaired) electrons. The first-order valence-electron chi connectivity index (χ1n) is 5.01. The van der Waals surface area contributed by atoms with Crippen molar-refractivity contribution in [3.8, 4) is 0 Å². The smallest absolute Gasteiger partial charge is 0.359 e. The first-order valence-corrected chi connectivity index (χ1v) is 5.01. The zero-order valence-electron chi connectivity index (χ0n) is 9.49. The molecule has 1 aromatic rings.